The Labute approximate surface area is 158 Å². The minimum absolute atomic E-state index is 0.214. The van der Waals surface area contributed by atoms with E-state index in [-0.39, 0.29) is 18.0 Å². The zero-order valence-corrected chi connectivity index (χ0v) is 15.1. The quantitative estimate of drug-likeness (QED) is 0.269. The summed E-state index contributed by atoms with van der Waals surface area (Å²) in [6.07, 6.45) is 0. The molecule has 0 spiro atoms. The lowest BCUT2D eigenvalue weighted by Crippen LogP contribution is -2.14. The van der Waals surface area contributed by atoms with Crippen molar-refractivity contribution in [2.24, 2.45) is 0 Å². The summed E-state index contributed by atoms with van der Waals surface area (Å²) in [6.45, 7) is 1.98. The standard InChI is InChI=1S/C24H20O3/c1-2-27-24(26)22(19-14-8-4-9-15-19)21(18-12-6-3-7-13-18)23(25)20-16-10-5-11-17-20/h3-17H,2H2,1H3/b22-21-. The van der Waals surface area contributed by atoms with Crippen LogP contribution in [-0.2, 0) is 9.53 Å². The second-order valence-electron chi connectivity index (χ2n) is 5.90. The van der Waals surface area contributed by atoms with Crippen molar-refractivity contribution < 1.29 is 14.3 Å². The van der Waals surface area contributed by atoms with E-state index in [9.17, 15) is 9.59 Å². The molecule has 0 aliphatic carbocycles. The largest absolute Gasteiger partial charge is 0.462 e. The predicted octanol–water partition coefficient (Wildman–Crippen LogP) is 5.04. The molecule has 3 aromatic rings. The van der Waals surface area contributed by atoms with Crippen LogP contribution >= 0.6 is 0 Å². The maximum atomic E-state index is 13.4. The van der Waals surface area contributed by atoms with Crippen LogP contribution in [0.4, 0.5) is 0 Å². The van der Waals surface area contributed by atoms with Crippen LogP contribution in [0.15, 0.2) is 91.0 Å². The van der Waals surface area contributed by atoms with Crippen molar-refractivity contribution in [2.75, 3.05) is 6.61 Å². The fourth-order valence-corrected chi connectivity index (χ4v) is 2.90. The highest BCUT2D eigenvalue weighted by molar-refractivity contribution is 6.42. The van der Waals surface area contributed by atoms with E-state index < -0.39 is 5.97 Å². The van der Waals surface area contributed by atoms with E-state index in [0.29, 0.717) is 22.3 Å². The number of benzene rings is 3. The van der Waals surface area contributed by atoms with E-state index in [1.165, 1.54) is 0 Å². The number of allylic oxidation sites excluding steroid dienone is 1. The van der Waals surface area contributed by atoms with E-state index in [2.05, 4.69) is 0 Å². The van der Waals surface area contributed by atoms with Gasteiger partial charge in [-0.25, -0.2) is 4.79 Å². The zero-order chi connectivity index (χ0) is 19.1. The summed E-state index contributed by atoms with van der Waals surface area (Å²) in [7, 11) is 0. The third-order valence-electron chi connectivity index (χ3n) is 4.12. The number of rotatable bonds is 6. The summed E-state index contributed by atoms with van der Waals surface area (Å²) in [6, 6.07) is 27.4. The number of carbonyl (C=O) groups is 2. The van der Waals surface area contributed by atoms with Crippen LogP contribution in [0.5, 0.6) is 0 Å². The lowest BCUT2D eigenvalue weighted by atomic mass is 9.89. The summed E-state index contributed by atoms with van der Waals surface area (Å²) in [5, 5.41) is 0. The molecular weight excluding hydrogens is 336 g/mol. The monoisotopic (exact) mass is 356 g/mol. The van der Waals surface area contributed by atoms with E-state index in [1.807, 2.05) is 78.9 Å². The van der Waals surface area contributed by atoms with Gasteiger partial charge in [0.05, 0.1) is 12.2 Å². The molecule has 0 unspecified atom stereocenters. The smallest absolute Gasteiger partial charge is 0.339 e. The van der Waals surface area contributed by atoms with Gasteiger partial charge < -0.3 is 4.74 Å². The maximum absolute atomic E-state index is 13.4. The van der Waals surface area contributed by atoms with Gasteiger partial charge in [-0.3, -0.25) is 4.79 Å². The Morgan fingerprint density at radius 3 is 1.48 bits per heavy atom. The molecule has 3 rings (SSSR count). The molecule has 0 heterocycles. The number of hydrogen-bond donors (Lipinski definition) is 0. The Morgan fingerprint density at radius 1 is 0.630 bits per heavy atom. The topological polar surface area (TPSA) is 43.4 Å². The van der Waals surface area contributed by atoms with Crippen LogP contribution < -0.4 is 0 Å². The van der Waals surface area contributed by atoms with E-state index in [0.717, 1.165) is 0 Å². The first-order valence-electron chi connectivity index (χ1n) is 8.84. The molecule has 0 atom stereocenters. The lowest BCUT2D eigenvalue weighted by molar-refractivity contribution is -0.136. The van der Waals surface area contributed by atoms with Crippen molar-refractivity contribution in [3.8, 4) is 0 Å². The Morgan fingerprint density at radius 2 is 1.04 bits per heavy atom. The Balaban J connectivity index is 2.30. The Hall–Kier alpha value is -3.46. The van der Waals surface area contributed by atoms with Crippen LogP contribution in [0.1, 0.15) is 28.4 Å². The van der Waals surface area contributed by atoms with Gasteiger partial charge in [0.25, 0.3) is 0 Å². The van der Waals surface area contributed by atoms with Crippen LogP contribution in [-0.4, -0.2) is 18.4 Å². The average molecular weight is 356 g/mol. The van der Waals surface area contributed by atoms with Crippen LogP contribution in [0, 0.1) is 0 Å². The van der Waals surface area contributed by atoms with E-state index in [1.54, 1.807) is 19.1 Å². The molecular formula is C24H20O3. The second kappa shape index (κ2) is 8.77. The number of hydrogen-bond acceptors (Lipinski definition) is 3. The molecule has 0 aromatic heterocycles. The molecule has 3 nitrogen and oxygen atoms in total. The summed E-state index contributed by atoms with van der Waals surface area (Å²) >= 11 is 0. The molecule has 0 bridgehead atoms. The predicted molar refractivity (Wildman–Crippen MR) is 107 cm³/mol. The fourth-order valence-electron chi connectivity index (χ4n) is 2.90. The van der Waals surface area contributed by atoms with Crippen molar-refractivity contribution in [1.29, 1.82) is 0 Å². The summed E-state index contributed by atoms with van der Waals surface area (Å²) in [5.41, 5.74) is 2.47. The van der Waals surface area contributed by atoms with Crippen molar-refractivity contribution in [1.82, 2.24) is 0 Å². The molecule has 0 radical (unpaired) electrons. The van der Waals surface area contributed by atoms with Crippen molar-refractivity contribution >= 4 is 22.9 Å². The van der Waals surface area contributed by atoms with Gasteiger partial charge in [-0.05, 0) is 18.1 Å². The van der Waals surface area contributed by atoms with E-state index >= 15 is 0 Å². The minimum Gasteiger partial charge on any atom is -0.462 e. The molecule has 134 valence electrons. The fraction of sp³-hybridized carbons (Fsp3) is 0.0833. The minimum atomic E-state index is -0.508. The number of ether oxygens (including phenoxy) is 1. The first-order chi connectivity index (χ1) is 13.2. The second-order valence-corrected chi connectivity index (χ2v) is 5.90. The van der Waals surface area contributed by atoms with Crippen LogP contribution in [0.3, 0.4) is 0 Å². The molecule has 27 heavy (non-hydrogen) atoms. The van der Waals surface area contributed by atoms with Gasteiger partial charge in [0.1, 0.15) is 0 Å². The number of carbonyl (C=O) groups excluding carboxylic acids is 2. The van der Waals surface area contributed by atoms with Gasteiger partial charge in [-0.2, -0.15) is 0 Å². The lowest BCUT2D eigenvalue weighted by Gasteiger charge is -2.15. The van der Waals surface area contributed by atoms with Crippen molar-refractivity contribution in [3.63, 3.8) is 0 Å². The summed E-state index contributed by atoms with van der Waals surface area (Å²) in [4.78, 5) is 26.3. The van der Waals surface area contributed by atoms with Crippen molar-refractivity contribution in [2.45, 2.75) is 6.92 Å². The molecule has 0 saturated carbocycles. The number of Topliss-reactive ketones (excluding diaryl/α,β-unsaturated/α-hetero) is 1. The van der Waals surface area contributed by atoms with Crippen molar-refractivity contribution in [3.05, 3.63) is 108 Å². The Kier molecular flexibility index (Phi) is 5.95. The van der Waals surface area contributed by atoms with Gasteiger partial charge in [-0.15, -0.1) is 0 Å². The van der Waals surface area contributed by atoms with Gasteiger partial charge in [0, 0.05) is 11.1 Å². The highest BCUT2D eigenvalue weighted by Gasteiger charge is 2.25. The average Bonchev–Trinajstić information content (AvgIpc) is 2.73. The third kappa shape index (κ3) is 4.21. The molecule has 0 N–H and O–H groups in total. The Bertz CT molecular complexity index is 943. The highest BCUT2D eigenvalue weighted by Crippen LogP contribution is 2.30. The molecule has 0 amide bonds. The molecule has 0 aliphatic heterocycles. The zero-order valence-electron chi connectivity index (χ0n) is 15.1. The molecule has 3 heteroatoms. The molecule has 0 saturated heterocycles. The SMILES string of the molecule is CCOC(=O)/C(=C(\C(=O)c1ccccc1)c1ccccc1)c1ccccc1. The first kappa shape index (κ1) is 18.3. The van der Waals surface area contributed by atoms with Gasteiger partial charge in [-0.1, -0.05) is 91.0 Å². The number of ketones is 1. The maximum Gasteiger partial charge on any atom is 0.339 e. The third-order valence-corrected chi connectivity index (χ3v) is 4.12. The number of esters is 1. The normalized spacial score (nSPS) is 11.4. The molecule has 0 aliphatic rings. The van der Waals surface area contributed by atoms with Gasteiger partial charge in [0.15, 0.2) is 5.78 Å². The van der Waals surface area contributed by atoms with Crippen LogP contribution in [0.2, 0.25) is 0 Å². The van der Waals surface area contributed by atoms with Gasteiger partial charge >= 0.3 is 5.97 Å². The summed E-state index contributed by atoms with van der Waals surface area (Å²) in [5.74, 6) is -0.722. The molecule has 3 aromatic carbocycles. The van der Waals surface area contributed by atoms with Gasteiger partial charge in [0.2, 0.25) is 0 Å². The summed E-state index contributed by atoms with van der Waals surface area (Å²) < 4.78 is 5.30. The highest BCUT2D eigenvalue weighted by atomic mass is 16.5. The van der Waals surface area contributed by atoms with E-state index in [4.69, 9.17) is 4.74 Å². The molecule has 0 fully saturated rings. The first-order valence-corrected chi connectivity index (χ1v) is 8.84. The van der Waals surface area contributed by atoms with Crippen LogP contribution in [0.25, 0.3) is 11.1 Å².